The molecule has 0 spiro atoms. The summed E-state index contributed by atoms with van der Waals surface area (Å²) in [7, 11) is 1.56. The highest BCUT2D eigenvalue weighted by Gasteiger charge is 2.15. The Kier molecular flexibility index (Phi) is 8.27. The minimum Gasteiger partial charge on any atom is -0.493 e. The van der Waals surface area contributed by atoms with E-state index in [0.717, 1.165) is 12.0 Å². The summed E-state index contributed by atoms with van der Waals surface area (Å²) in [6, 6.07) is 11.4. The maximum Gasteiger partial charge on any atom is 0.310 e. The number of ether oxygens (including phenoxy) is 3. The number of nitrogens with zero attached hydrogens (tertiary/aromatic N) is 1. The normalized spacial score (nSPS) is 10.5. The number of amides is 1. The van der Waals surface area contributed by atoms with Crippen molar-refractivity contribution in [3.8, 4) is 17.2 Å². The molecule has 8 heteroatoms. The maximum absolute atomic E-state index is 12.0. The Labute approximate surface area is 169 Å². The SMILES string of the molecule is COc1cc(CNC(=O)COc2ccccc2[N+](=O)[O-])ccc1OCCC(C)C. The van der Waals surface area contributed by atoms with Crippen molar-refractivity contribution in [1.82, 2.24) is 5.32 Å². The Hall–Kier alpha value is -3.29. The van der Waals surface area contributed by atoms with Crippen molar-refractivity contribution in [2.24, 2.45) is 5.92 Å². The molecule has 0 bridgehead atoms. The summed E-state index contributed by atoms with van der Waals surface area (Å²) in [6.45, 7) is 4.81. The standard InChI is InChI=1S/C21H26N2O6/c1-15(2)10-11-28-19-9-8-16(12-20(19)27-3)13-22-21(24)14-29-18-7-5-4-6-17(18)23(25)26/h4-9,12,15H,10-11,13-14H2,1-3H3,(H,22,24). The molecule has 0 saturated carbocycles. The molecule has 1 amide bonds. The van der Waals surface area contributed by atoms with Crippen LogP contribution in [0.2, 0.25) is 0 Å². The quantitative estimate of drug-likeness (QED) is 0.454. The third-order valence-electron chi connectivity index (χ3n) is 4.09. The van der Waals surface area contributed by atoms with Crippen LogP contribution in [-0.4, -0.2) is 31.2 Å². The molecule has 2 rings (SSSR count). The van der Waals surface area contributed by atoms with Gasteiger partial charge in [0.15, 0.2) is 23.9 Å². The maximum atomic E-state index is 12.0. The van der Waals surface area contributed by atoms with Gasteiger partial charge in [-0.3, -0.25) is 14.9 Å². The molecule has 0 saturated heterocycles. The van der Waals surface area contributed by atoms with Gasteiger partial charge in [0.25, 0.3) is 5.91 Å². The minimum absolute atomic E-state index is 0.0530. The number of nitro benzene ring substituents is 1. The van der Waals surface area contributed by atoms with Gasteiger partial charge >= 0.3 is 5.69 Å². The highest BCUT2D eigenvalue weighted by Crippen LogP contribution is 2.28. The minimum atomic E-state index is -0.551. The molecule has 2 aromatic carbocycles. The van der Waals surface area contributed by atoms with Gasteiger partial charge in [-0.2, -0.15) is 0 Å². The number of methoxy groups -OCH3 is 1. The van der Waals surface area contributed by atoms with Crippen LogP contribution in [0.25, 0.3) is 0 Å². The van der Waals surface area contributed by atoms with E-state index in [1.54, 1.807) is 19.2 Å². The van der Waals surface area contributed by atoms with Crippen LogP contribution >= 0.6 is 0 Å². The van der Waals surface area contributed by atoms with Crippen LogP contribution in [0, 0.1) is 16.0 Å². The molecule has 1 N–H and O–H groups in total. The molecule has 156 valence electrons. The van der Waals surface area contributed by atoms with Crippen LogP contribution < -0.4 is 19.5 Å². The average Bonchev–Trinajstić information content (AvgIpc) is 2.71. The number of hydrogen-bond acceptors (Lipinski definition) is 6. The highest BCUT2D eigenvalue weighted by atomic mass is 16.6. The van der Waals surface area contributed by atoms with Crippen LogP contribution in [0.15, 0.2) is 42.5 Å². The summed E-state index contributed by atoms with van der Waals surface area (Å²) in [5.41, 5.74) is 0.648. The molecule has 0 aliphatic carbocycles. The fraction of sp³-hybridized carbons (Fsp3) is 0.381. The van der Waals surface area contributed by atoms with E-state index >= 15 is 0 Å². The molecule has 0 aliphatic heterocycles. The number of benzene rings is 2. The van der Waals surface area contributed by atoms with Gasteiger partial charge in [0.2, 0.25) is 0 Å². The number of rotatable bonds is 11. The average molecular weight is 402 g/mol. The van der Waals surface area contributed by atoms with Gasteiger partial charge in [0, 0.05) is 12.6 Å². The van der Waals surface area contributed by atoms with Crippen molar-refractivity contribution in [2.45, 2.75) is 26.8 Å². The van der Waals surface area contributed by atoms with Crippen molar-refractivity contribution in [3.63, 3.8) is 0 Å². The summed E-state index contributed by atoms with van der Waals surface area (Å²) < 4.78 is 16.4. The third-order valence-corrected chi connectivity index (χ3v) is 4.09. The predicted molar refractivity (Wildman–Crippen MR) is 108 cm³/mol. The zero-order chi connectivity index (χ0) is 21.2. The van der Waals surface area contributed by atoms with Crippen LogP contribution in [0.4, 0.5) is 5.69 Å². The molecular weight excluding hydrogens is 376 g/mol. The Morgan fingerprint density at radius 2 is 1.86 bits per heavy atom. The number of nitrogens with one attached hydrogen (secondary N) is 1. The van der Waals surface area contributed by atoms with Crippen molar-refractivity contribution in [3.05, 3.63) is 58.1 Å². The first-order valence-corrected chi connectivity index (χ1v) is 9.33. The van der Waals surface area contributed by atoms with E-state index in [9.17, 15) is 14.9 Å². The van der Waals surface area contributed by atoms with Crippen molar-refractivity contribution in [1.29, 1.82) is 0 Å². The highest BCUT2D eigenvalue weighted by molar-refractivity contribution is 5.77. The number of carbonyl (C=O) groups excluding carboxylic acids is 1. The number of carbonyl (C=O) groups is 1. The van der Waals surface area contributed by atoms with Crippen molar-refractivity contribution < 1.29 is 23.9 Å². The lowest BCUT2D eigenvalue weighted by atomic mass is 10.1. The monoisotopic (exact) mass is 402 g/mol. The van der Waals surface area contributed by atoms with Gasteiger partial charge < -0.3 is 19.5 Å². The lowest BCUT2D eigenvalue weighted by Crippen LogP contribution is -2.28. The number of nitro groups is 1. The van der Waals surface area contributed by atoms with Crippen LogP contribution in [0.5, 0.6) is 17.2 Å². The molecule has 0 radical (unpaired) electrons. The van der Waals surface area contributed by atoms with Gasteiger partial charge in [0.05, 0.1) is 18.6 Å². The van der Waals surface area contributed by atoms with Gasteiger partial charge in [-0.15, -0.1) is 0 Å². The second kappa shape index (κ2) is 10.9. The summed E-state index contributed by atoms with van der Waals surface area (Å²) in [4.78, 5) is 22.5. The Balaban J connectivity index is 1.87. The number of hydrogen-bond donors (Lipinski definition) is 1. The second-order valence-electron chi connectivity index (χ2n) is 6.81. The van der Waals surface area contributed by atoms with E-state index in [1.807, 2.05) is 12.1 Å². The van der Waals surface area contributed by atoms with Gasteiger partial charge in [0.1, 0.15) is 0 Å². The molecule has 8 nitrogen and oxygen atoms in total. The van der Waals surface area contributed by atoms with E-state index < -0.39 is 4.92 Å². The van der Waals surface area contributed by atoms with E-state index in [1.165, 1.54) is 18.2 Å². The summed E-state index contributed by atoms with van der Waals surface area (Å²) in [6.07, 6.45) is 0.945. The predicted octanol–water partition coefficient (Wildman–Crippen LogP) is 3.72. The first-order valence-electron chi connectivity index (χ1n) is 9.33. The summed E-state index contributed by atoms with van der Waals surface area (Å²) in [5, 5.41) is 13.7. The Bertz CT molecular complexity index is 838. The van der Waals surface area contributed by atoms with Crippen molar-refractivity contribution >= 4 is 11.6 Å². The van der Waals surface area contributed by atoms with Crippen LogP contribution in [0.3, 0.4) is 0 Å². The molecule has 0 aliphatic rings. The summed E-state index contributed by atoms with van der Waals surface area (Å²) >= 11 is 0. The topological polar surface area (TPSA) is 99.9 Å². The largest absolute Gasteiger partial charge is 0.493 e. The molecule has 2 aromatic rings. The fourth-order valence-electron chi connectivity index (χ4n) is 2.47. The van der Waals surface area contributed by atoms with E-state index in [2.05, 4.69) is 19.2 Å². The lowest BCUT2D eigenvalue weighted by Gasteiger charge is -2.13. The molecule has 29 heavy (non-hydrogen) atoms. The zero-order valence-electron chi connectivity index (χ0n) is 16.8. The van der Waals surface area contributed by atoms with Gasteiger partial charge in [-0.05, 0) is 36.1 Å². The summed E-state index contributed by atoms with van der Waals surface area (Å²) in [5.74, 6) is 1.46. The Morgan fingerprint density at radius 3 is 2.55 bits per heavy atom. The van der Waals surface area contributed by atoms with Crippen LogP contribution in [0.1, 0.15) is 25.8 Å². The zero-order valence-corrected chi connectivity index (χ0v) is 16.8. The van der Waals surface area contributed by atoms with Gasteiger partial charge in [-0.25, -0.2) is 0 Å². The number of para-hydroxylation sites is 2. The van der Waals surface area contributed by atoms with Crippen molar-refractivity contribution in [2.75, 3.05) is 20.3 Å². The second-order valence-corrected chi connectivity index (χ2v) is 6.81. The first-order chi connectivity index (χ1) is 13.9. The lowest BCUT2D eigenvalue weighted by molar-refractivity contribution is -0.385. The molecular formula is C21H26N2O6. The smallest absolute Gasteiger partial charge is 0.310 e. The molecule has 0 fully saturated rings. The van der Waals surface area contributed by atoms with E-state index in [0.29, 0.717) is 24.0 Å². The Morgan fingerprint density at radius 1 is 1.10 bits per heavy atom. The molecule has 0 unspecified atom stereocenters. The molecule has 0 aromatic heterocycles. The fourth-order valence-corrected chi connectivity index (χ4v) is 2.47. The first kappa shape index (κ1) is 22.0. The molecule has 0 heterocycles. The van der Waals surface area contributed by atoms with Gasteiger partial charge in [-0.1, -0.05) is 32.0 Å². The van der Waals surface area contributed by atoms with Crippen LogP contribution in [-0.2, 0) is 11.3 Å². The third kappa shape index (κ3) is 6.99. The van der Waals surface area contributed by atoms with E-state index in [4.69, 9.17) is 14.2 Å². The van der Waals surface area contributed by atoms with E-state index in [-0.39, 0.29) is 30.5 Å². The molecule has 0 atom stereocenters.